The van der Waals surface area contributed by atoms with Gasteiger partial charge in [0.2, 0.25) is 0 Å². The molecule has 114 valence electrons. The number of aliphatic hydroxyl groups is 1. The lowest BCUT2D eigenvalue weighted by atomic mass is 9.93. The van der Waals surface area contributed by atoms with Crippen LogP contribution in [-0.2, 0) is 19.1 Å². The number of nitrogens with zero attached hydrogens (tertiary/aromatic N) is 2. The summed E-state index contributed by atoms with van der Waals surface area (Å²) in [5.74, 6) is 1.28. The van der Waals surface area contributed by atoms with Crippen LogP contribution >= 0.6 is 11.6 Å². The zero-order valence-electron chi connectivity index (χ0n) is 12.6. The summed E-state index contributed by atoms with van der Waals surface area (Å²) in [4.78, 5) is 0. The van der Waals surface area contributed by atoms with E-state index >= 15 is 0 Å². The van der Waals surface area contributed by atoms with Gasteiger partial charge >= 0.3 is 0 Å². The molecule has 0 fully saturated rings. The Labute approximate surface area is 129 Å². The number of ether oxygens (including phenoxy) is 2. The SMILES string of the molecule is COc1ccc(CC(C)(O)c2c(Cl)cnn2C)cc1OC. The number of rotatable bonds is 5. The molecule has 5 nitrogen and oxygen atoms in total. The van der Waals surface area contributed by atoms with Crippen LogP contribution in [0.1, 0.15) is 18.2 Å². The van der Waals surface area contributed by atoms with E-state index in [0.717, 1.165) is 5.56 Å². The Bertz CT molecular complexity index is 618. The number of halogens is 1. The molecule has 1 aromatic carbocycles. The van der Waals surface area contributed by atoms with Crippen LogP contribution in [-0.4, -0.2) is 29.1 Å². The normalized spacial score (nSPS) is 13.8. The second kappa shape index (κ2) is 5.95. The van der Waals surface area contributed by atoms with E-state index in [2.05, 4.69) is 5.10 Å². The van der Waals surface area contributed by atoms with E-state index in [1.54, 1.807) is 32.9 Å². The molecule has 0 amide bonds. The highest BCUT2D eigenvalue weighted by Crippen LogP contribution is 2.33. The zero-order valence-corrected chi connectivity index (χ0v) is 13.3. The molecule has 0 radical (unpaired) electrons. The van der Waals surface area contributed by atoms with Crippen molar-refractivity contribution in [2.24, 2.45) is 7.05 Å². The molecule has 0 aliphatic carbocycles. The third-order valence-electron chi connectivity index (χ3n) is 3.40. The number of benzene rings is 1. The van der Waals surface area contributed by atoms with Crippen molar-refractivity contribution in [3.63, 3.8) is 0 Å². The van der Waals surface area contributed by atoms with Gasteiger partial charge < -0.3 is 14.6 Å². The number of aryl methyl sites for hydroxylation is 1. The molecule has 2 aromatic rings. The van der Waals surface area contributed by atoms with E-state index in [1.165, 1.54) is 6.20 Å². The van der Waals surface area contributed by atoms with Gasteiger partial charge in [0.25, 0.3) is 0 Å². The van der Waals surface area contributed by atoms with Gasteiger partial charge in [-0.25, -0.2) is 0 Å². The molecule has 1 atom stereocenters. The molecule has 0 bridgehead atoms. The maximum absolute atomic E-state index is 10.8. The number of hydrogen-bond donors (Lipinski definition) is 1. The van der Waals surface area contributed by atoms with Gasteiger partial charge in [0.1, 0.15) is 5.60 Å². The van der Waals surface area contributed by atoms with Crippen molar-refractivity contribution in [2.45, 2.75) is 18.9 Å². The first-order valence-electron chi connectivity index (χ1n) is 6.50. The standard InChI is InChI=1S/C15H19ClN2O3/c1-15(19,14-11(16)9-17-18(14)2)8-10-5-6-12(20-3)13(7-10)21-4/h5-7,9,19H,8H2,1-4H3. The third-order valence-corrected chi connectivity index (χ3v) is 3.68. The molecule has 0 aliphatic rings. The quantitative estimate of drug-likeness (QED) is 0.922. The van der Waals surface area contributed by atoms with Crippen LogP contribution in [0.3, 0.4) is 0 Å². The molecule has 1 heterocycles. The Kier molecular flexibility index (Phi) is 4.44. The van der Waals surface area contributed by atoms with Crippen molar-refractivity contribution in [1.82, 2.24) is 9.78 Å². The predicted octanol–water partition coefficient (Wildman–Crippen LogP) is 2.54. The molecule has 2 rings (SSSR count). The lowest BCUT2D eigenvalue weighted by Crippen LogP contribution is -2.27. The zero-order chi connectivity index (χ0) is 15.6. The van der Waals surface area contributed by atoms with Crippen molar-refractivity contribution in [3.05, 3.63) is 40.7 Å². The van der Waals surface area contributed by atoms with Gasteiger partial charge in [-0.3, -0.25) is 4.68 Å². The Morgan fingerprint density at radius 2 is 1.95 bits per heavy atom. The van der Waals surface area contributed by atoms with Gasteiger partial charge in [-0.05, 0) is 24.6 Å². The number of hydrogen-bond acceptors (Lipinski definition) is 4. The van der Waals surface area contributed by atoms with Crippen LogP contribution < -0.4 is 9.47 Å². The summed E-state index contributed by atoms with van der Waals surface area (Å²) in [6.45, 7) is 1.71. The van der Waals surface area contributed by atoms with Gasteiger partial charge in [0.15, 0.2) is 11.5 Å². The highest BCUT2D eigenvalue weighted by atomic mass is 35.5. The minimum atomic E-state index is -1.14. The van der Waals surface area contributed by atoms with Gasteiger partial charge in [0.05, 0.1) is 31.1 Å². The van der Waals surface area contributed by atoms with Crippen molar-refractivity contribution in [1.29, 1.82) is 0 Å². The van der Waals surface area contributed by atoms with E-state index in [9.17, 15) is 5.11 Å². The Hall–Kier alpha value is -1.72. The highest BCUT2D eigenvalue weighted by molar-refractivity contribution is 6.31. The molecule has 6 heteroatoms. The highest BCUT2D eigenvalue weighted by Gasteiger charge is 2.30. The minimum Gasteiger partial charge on any atom is -0.493 e. The fraction of sp³-hybridized carbons (Fsp3) is 0.400. The maximum Gasteiger partial charge on any atom is 0.160 e. The number of methoxy groups -OCH3 is 2. The van der Waals surface area contributed by atoms with Crippen molar-refractivity contribution < 1.29 is 14.6 Å². The maximum atomic E-state index is 10.8. The average molecular weight is 311 g/mol. The molecule has 0 spiro atoms. The monoisotopic (exact) mass is 310 g/mol. The summed E-state index contributed by atoms with van der Waals surface area (Å²) >= 11 is 6.11. The van der Waals surface area contributed by atoms with Crippen molar-refractivity contribution in [2.75, 3.05) is 14.2 Å². The Balaban J connectivity index is 2.32. The van der Waals surface area contributed by atoms with Crippen LogP contribution in [0.25, 0.3) is 0 Å². The van der Waals surface area contributed by atoms with Gasteiger partial charge in [-0.1, -0.05) is 17.7 Å². The van der Waals surface area contributed by atoms with E-state index < -0.39 is 5.60 Å². The molecule has 1 N–H and O–H groups in total. The van der Waals surface area contributed by atoms with Crippen LogP contribution in [0.5, 0.6) is 11.5 Å². The van der Waals surface area contributed by atoms with E-state index in [1.807, 2.05) is 18.2 Å². The molecule has 0 aliphatic heterocycles. The minimum absolute atomic E-state index is 0.382. The summed E-state index contributed by atoms with van der Waals surface area (Å²) in [6, 6.07) is 5.55. The molecule has 1 unspecified atom stereocenters. The van der Waals surface area contributed by atoms with Crippen molar-refractivity contribution >= 4 is 11.6 Å². The van der Waals surface area contributed by atoms with Gasteiger partial charge in [-0.2, -0.15) is 5.10 Å². The average Bonchev–Trinajstić information content (AvgIpc) is 2.78. The summed E-state index contributed by atoms with van der Waals surface area (Å²) < 4.78 is 12.1. The smallest absolute Gasteiger partial charge is 0.160 e. The van der Waals surface area contributed by atoms with Crippen LogP contribution in [0.15, 0.2) is 24.4 Å². The van der Waals surface area contributed by atoms with Crippen molar-refractivity contribution in [3.8, 4) is 11.5 Å². The molecule has 0 saturated heterocycles. The third kappa shape index (κ3) is 3.14. The van der Waals surface area contributed by atoms with E-state index in [0.29, 0.717) is 28.6 Å². The largest absolute Gasteiger partial charge is 0.493 e. The summed E-state index contributed by atoms with van der Waals surface area (Å²) in [6.07, 6.45) is 1.91. The summed E-state index contributed by atoms with van der Waals surface area (Å²) in [7, 11) is 4.92. The fourth-order valence-electron chi connectivity index (χ4n) is 2.49. The molecular weight excluding hydrogens is 292 g/mol. The summed E-state index contributed by atoms with van der Waals surface area (Å²) in [5, 5.41) is 15.3. The molecule has 21 heavy (non-hydrogen) atoms. The second-order valence-electron chi connectivity index (χ2n) is 5.10. The Morgan fingerprint density at radius 1 is 1.29 bits per heavy atom. The van der Waals surface area contributed by atoms with E-state index in [4.69, 9.17) is 21.1 Å². The number of aromatic nitrogens is 2. The first-order chi connectivity index (χ1) is 9.89. The Morgan fingerprint density at radius 3 is 2.48 bits per heavy atom. The topological polar surface area (TPSA) is 56.5 Å². The first-order valence-corrected chi connectivity index (χ1v) is 6.88. The lowest BCUT2D eigenvalue weighted by Gasteiger charge is -2.24. The fourth-order valence-corrected chi connectivity index (χ4v) is 2.86. The van der Waals surface area contributed by atoms with Crippen LogP contribution in [0.2, 0.25) is 5.02 Å². The van der Waals surface area contributed by atoms with Crippen LogP contribution in [0.4, 0.5) is 0 Å². The van der Waals surface area contributed by atoms with Gasteiger partial charge in [-0.15, -0.1) is 0 Å². The predicted molar refractivity (Wildman–Crippen MR) is 81.0 cm³/mol. The van der Waals surface area contributed by atoms with E-state index in [-0.39, 0.29) is 0 Å². The molecular formula is C15H19ClN2O3. The first kappa shape index (κ1) is 15.7. The van der Waals surface area contributed by atoms with Crippen LogP contribution in [0, 0.1) is 0 Å². The van der Waals surface area contributed by atoms with Gasteiger partial charge in [0, 0.05) is 13.5 Å². The molecule has 0 saturated carbocycles. The summed E-state index contributed by atoms with van der Waals surface area (Å²) in [5.41, 5.74) is 0.357. The second-order valence-corrected chi connectivity index (χ2v) is 5.51. The molecule has 1 aromatic heterocycles. The lowest BCUT2D eigenvalue weighted by molar-refractivity contribution is 0.0490.